The Kier molecular flexibility index (Phi) is 6.41. The number of ether oxygens (including phenoxy) is 1. The summed E-state index contributed by atoms with van der Waals surface area (Å²) in [6.45, 7) is 5.11. The highest BCUT2D eigenvalue weighted by Gasteiger charge is 2.24. The average molecular weight is 375 g/mol. The standard InChI is InChI=1S/C19H23ClN4O2/c1-2-24-9-7-14(8-10-24)19(25)23-18-11-16(21-13-22-18)15-5-3-4-6-17(15)26-12-20/h3-6,11,13-14H,2,7-10,12H2,1H3,(H,21,22,23,25). The fourth-order valence-corrected chi connectivity index (χ4v) is 3.29. The lowest BCUT2D eigenvalue weighted by Gasteiger charge is -2.30. The number of amides is 1. The smallest absolute Gasteiger partial charge is 0.228 e. The molecule has 0 aliphatic carbocycles. The normalized spacial score (nSPS) is 15.6. The Balaban J connectivity index is 1.71. The number of carbonyl (C=O) groups is 1. The molecule has 1 fully saturated rings. The van der Waals surface area contributed by atoms with Crippen LogP contribution in [0.1, 0.15) is 19.8 Å². The molecule has 1 N–H and O–H groups in total. The van der Waals surface area contributed by atoms with Crippen molar-refractivity contribution in [2.75, 3.05) is 31.0 Å². The molecule has 26 heavy (non-hydrogen) atoms. The second kappa shape index (κ2) is 8.96. The van der Waals surface area contributed by atoms with E-state index < -0.39 is 0 Å². The van der Waals surface area contributed by atoms with Crippen LogP contribution in [0.3, 0.4) is 0 Å². The van der Waals surface area contributed by atoms with Crippen LogP contribution in [0.15, 0.2) is 36.7 Å². The molecule has 0 spiro atoms. The van der Waals surface area contributed by atoms with E-state index in [0.717, 1.165) is 38.0 Å². The van der Waals surface area contributed by atoms with Crippen LogP contribution in [0.4, 0.5) is 5.82 Å². The second-order valence-corrected chi connectivity index (χ2v) is 6.45. The molecule has 1 amide bonds. The van der Waals surface area contributed by atoms with Crippen LogP contribution in [0.25, 0.3) is 11.3 Å². The SMILES string of the molecule is CCN1CCC(C(=O)Nc2cc(-c3ccccc3OCCl)ncn2)CC1. The topological polar surface area (TPSA) is 67.4 Å². The van der Waals surface area contributed by atoms with Crippen LogP contribution in [0, 0.1) is 5.92 Å². The van der Waals surface area contributed by atoms with E-state index in [4.69, 9.17) is 16.3 Å². The molecule has 0 atom stereocenters. The summed E-state index contributed by atoms with van der Waals surface area (Å²) >= 11 is 5.69. The molecule has 2 aromatic rings. The zero-order chi connectivity index (χ0) is 18.4. The highest BCUT2D eigenvalue weighted by molar-refractivity contribution is 6.17. The van der Waals surface area contributed by atoms with Gasteiger partial charge in [-0.25, -0.2) is 9.97 Å². The van der Waals surface area contributed by atoms with Crippen molar-refractivity contribution in [3.8, 4) is 17.0 Å². The van der Waals surface area contributed by atoms with Gasteiger partial charge in [-0.1, -0.05) is 30.7 Å². The first-order chi connectivity index (χ1) is 12.7. The third kappa shape index (κ3) is 4.51. The highest BCUT2D eigenvalue weighted by Crippen LogP contribution is 2.29. The number of nitrogens with zero attached hydrogens (tertiary/aromatic N) is 3. The fourth-order valence-electron chi connectivity index (χ4n) is 3.18. The van der Waals surface area contributed by atoms with Gasteiger partial charge in [-0.05, 0) is 44.6 Å². The van der Waals surface area contributed by atoms with Crippen LogP contribution in [0.5, 0.6) is 5.75 Å². The van der Waals surface area contributed by atoms with Gasteiger partial charge in [0, 0.05) is 17.5 Å². The molecule has 138 valence electrons. The van der Waals surface area contributed by atoms with Crippen molar-refractivity contribution in [2.45, 2.75) is 19.8 Å². The quantitative estimate of drug-likeness (QED) is 0.785. The molecule has 1 aromatic carbocycles. The lowest BCUT2D eigenvalue weighted by molar-refractivity contribution is -0.121. The summed E-state index contributed by atoms with van der Waals surface area (Å²) in [4.78, 5) is 23.4. The minimum absolute atomic E-state index is 0.0238. The number of halogens is 1. The zero-order valence-corrected chi connectivity index (χ0v) is 15.6. The Bertz CT molecular complexity index is 748. The van der Waals surface area contributed by atoms with Gasteiger partial charge in [0.05, 0.1) is 5.69 Å². The Labute approximate surface area is 158 Å². The molecule has 3 rings (SSSR count). The van der Waals surface area contributed by atoms with Gasteiger partial charge < -0.3 is 15.0 Å². The lowest BCUT2D eigenvalue weighted by Crippen LogP contribution is -2.38. The molecule has 1 aliphatic heterocycles. The first kappa shape index (κ1) is 18.6. The number of alkyl halides is 1. The predicted molar refractivity (Wildman–Crippen MR) is 102 cm³/mol. The summed E-state index contributed by atoms with van der Waals surface area (Å²) in [7, 11) is 0. The van der Waals surface area contributed by atoms with Gasteiger partial charge in [0.2, 0.25) is 5.91 Å². The van der Waals surface area contributed by atoms with Gasteiger partial charge >= 0.3 is 0 Å². The van der Waals surface area contributed by atoms with Crippen LogP contribution in [-0.2, 0) is 4.79 Å². The number of nitrogens with one attached hydrogen (secondary N) is 1. The van der Waals surface area contributed by atoms with E-state index in [9.17, 15) is 4.79 Å². The molecule has 0 bridgehead atoms. The number of hydrogen-bond acceptors (Lipinski definition) is 5. The van der Waals surface area contributed by atoms with E-state index in [2.05, 4.69) is 27.1 Å². The van der Waals surface area contributed by atoms with Crippen molar-refractivity contribution in [3.05, 3.63) is 36.7 Å². The van der Waals surface area contributed by atoms with Gasteiger partial charge in [-0.2, -0.15) is 0 Å². The highest BCUT2D eigenvalue weighted by atomic mass is 35.5. The van der Waals surface area contributed by atoms with Crippen LogP contribution >= 0.6 is 11.6 Å². The van der Waals surface area contributed by atoms with Gasteiger partial charge in [0.25, 0.3) is 0 Å². The molecule has 0 saturated carbocycles. The first-order valence-corrected chi connectivity index (χ1v) is 9.38. The lowest BCUT2D eigenvalue weighted by atomic mass is 9.96. The number of carbonyl (C=O) groups excluding carboxylic acids is 1. The number of rotatable bonds is 6. The van der Waals surface area contributed by atoms with E-state index >= 15 is 0 Å². The number of likely N-dealkylation sites (tertiary alicyclic amines) is 1. The van der Waals surface area contributed by atoms with E-state index in [1.807, 2.05) is 24.3 Å². The third-order valence-electron chi connectivity index (χ3n) is 4.70. The molecular weight excluding hydrogens is 352 g/mol. The summed E-state index contributed by atoms with van der Waals surface area (Å²) in [6.07, 6.45) is 3.20. The average Bonchev–Trinajstić information content (AvgIpc) is 2.69. The number of hydrogen-bond donors (Lipinski definition) is 1. The molecule has 1 saturated heterocycles. The first-order valence-electron chi connectivity index (χ1n) is 8.84. The molecule has 1 aromatic heterocycles. The summed E-state index contributed by atoms with van der Waals surface area (Å²) in [6, 6.07) is 9.32. The van der Waals surface area contributed by atoms with Crippen molar-refractivity contribution in [3.63, 3.8) is 0 Å². The second-order valence-electron chi connectivity index (χ2n) is 6.24. The minimum atomic E-state index is 0.0238. The van der Waals surface area contributed by atoms with E-state index in [0.29, 0.717) is 17.3 Å². The molecule has 2 heterocycles. The Morgan fingerprint density at radius 2 is 2.08 bits per heavy atom. The van der Waals surface area contributed by atoms with Crippen LogP contribution < -0.4 is 10.1 Å². The van der Waals surface area contributed by atoms with Crippen LogP contribution in [0.2, 0.25) is 0 Å². The zero-order valence-electron chi connectivity index (χ0n) is 14.8. The van der Waals surface area contributed by atoms with E-state index in [-0.39, 0.29) is 17.9 Å². The maximum Gasteiger partial charge on any atom is 0.228 e. The Morgan fingerprint density at radius 3 is 2.81 bits per heavy atom. The van der Waals surface area contributed by atoms with Crippen molar-refractivity contribution in [2.24, 2.45) is 5.92 Å². The fraction of sp³-hybridized carbons (Fsp3) is 0.421. The number of para-hydroxylation sites is 1. The monoisotopic (exact) mass is 374 g/mol. The van der Waals surface area contributed by atoms with Crippen LogP contribution in [-0.4, -0.2) is 46.5 Å². The van der Waals surface area contributed by atoms with Gasteiger partial charge in [0.15, 0.2) is 6.07 Å². The molecule has 0 radical (unpaired) electrons. The third-order valence-corrected chi connectivity index (χ3v) is 4.81. The molecule has 6 nitrogen and oxygen atoms in total. The van der Waals surface area contributed by atoms with Crippen molar-refractivity contribution in [1.29, 1.82) is 0 Å². The molecular formula is C19H23ClN4O2. The summed E-state index contributed by atoms with van der Waals surface area (Å²) in [5.74, 6) is 1.20. The summed E-state index contributed by atoms with van der Waals surface area (Å²) in [5.41, 5.74) is 1.49. The molecule has 7 heteroatoms. The Morgan fingerprint density at radius 1 is 1.31 bits per heavy atom. The minimum Gasteiger partial charge on any atom is -0.477 e. The van der Waals surface area contributed by atoms with Crippen molar-refractivity contribution < 1.29 is 9.53 Å². The van der Waals surface area contributed by atoms with Crippen molar-refractivity contribution >= 4 is 23.3 Å². The van der Waals surface area contributed by atoms with E-state index in [1.165, 1.54) is 6.33 Å². The molecule has 0 unspecified atom stereocenters. The number of piperidine rings is 1. The number of anilines is 1. The van der Waals surface area contributed by atoms with Crippen molar-refractivity contribution in [1.82, 2.24) is 14.9 Å². The Hall–Kier alpha value is -2.18. The maximum atomic E-state index is 12.5. The van der Waals surface area contributed by atoms with Gasteiger partial charge in [-0.15, -0.1) is 0 Å². The molecule has 1 aliphatic rings. The predicted octanol–water partition coefficient (Wildman–Crippen LogP) is 3.39. The van der Waals surface area contributed by atoms with Gasteiger partial charge in [-0.3, -0.25) is 4.79 Å². The number of benzene rings is 1. The summed E-state index contributed by atoms with van der Waals surface area (Å²) < 4.78 is 5.44. The van der Waals surface area contributed by atoms with Gasteiger partial charge in [0.1, 0.15) is 17.9 Å². The number of aromatic nitrogens is 2. The maximum absolute atomic E-state index is 12.5. The van der Waals surface area contributed by atoms with E-state index in [1.54, 1.807) is 6.07 Å². The summed E-state index contributed by atoms with van der Waals surface area (Å²) in [5, 5.41) is 2.93. The largest absolute Gasteiger partial charge is 0.477 e.